The zero-order valence-corrected chi connectivity index (χ0v) is 15.1. The molecule has 0 atom stereocenters. The lowest BCUT2D eigenvalue weighted by Crippen LogP contribution is -2.48. The lowest BCUT2D eigenvalue weighted by molar-refractivity contribution is 0.0637. The van der Waals surface area contributed by atoms with Gasteiger partial charge in [0.05, 0.1) is 0 Å². The van der Waals surface area contributed by atoms with Gasteiger partial charge in [0, 0.05) is 37.9 Å². The Morgan fingerprint density at radius 1 is 1.16 bits per heavy atom. The van der Waals surface area contributed by atoms with Crippen molar-refractivity contribution in [2.75, 3.05) is 38.0 Å². The highest BCUT2D eigenvalue weighted by Gasteiger charge is 2.22. The van der Waals surface area contributed by atoms with E-state index in [4.69, 9.17) is 0 Å². The molecule has 1 aliphatic heterocycles. The fourth-order valence-corrected chi connectivity index (χ4v) is 3.00. The van der Waals surface area contributed by atoms with Crippen LogP contribution in [0.5, 0.6) is 0 Å². The predicted octanol–water partition coefficient (Wildman–Crippen LogP) is 2.61. The van der Waals surface area contributed by atoms with E-state index in [1.165, 1.54) is 17.5 Å². The molecule has 1 amide bonds. The van der Waals surface area contributed by atoms with Gasteiger partial charge in [0.1, 0.15) is 17.8 Å². The highest BCUT2D eigenvalue weighted by Crippen LogP contribution is 2.22. The third-order valence-electron chi connectivity index (χ3n) is 4.86. The van der Waals surface area contributed by atoms with E-state index in [1.54, 1.807) is 6.07 Å². The Hall–Kier alpha value is -2.47. The van der Waals surface area contributed by atoms with Crippen LogP contribution in [-0.2, 0) is 0 Å². The summed E-state index contributed by atoms with van der Waals surface area (Å²) in [5.74, 6) is 0.612. The average Bonchev–Trinajstić information content (AvgIpc) is 2.65. The summed E-state index contributed by atoms with van der Waals surface area (Å²) >= 11 is 0. The van der Waals surface area contributed by atoms with E-state index < -0.39 is 0 Å². The predicted molar refractivity (Wildman–Crippen MR) is 99.2 cm³/mol. The van der Waals surface area contributed by atoms with E-state index in [1.807, 2.05) is 17.0 Å². The van der Waals surface area contributed by atoms with Gasteiger partial charge in [0.25, 0.3) is 5.91 Å². The van der Waals surface area contributed by atoms with Crippen molar-refractivity contribution in [3.05, 3.63) is 47.4 Å². The van der Waals surface area contributed by atoms with Crippen LogP contribution in [-0.4, -0.2) is 58.4 Å². The molecule has 2 heterocycles. The molecule has 0 aliphatic carbocycles. The Bertz CT molecular complexity index is 753. The van der Waals surface area contributed by atoms with Crippen molar-refractivity contribution < 1.29 is 4.79 Å². The van der Waals surface area contributed by atoms with Gasteiger partial charge in [0.2, 0.25) is 0 Å². The van der Waals surface area contributed by atoms with E-state index >= 15 is 0 Å². The number of nitrogens with zero attached hydrogens (tertiary/aromatic N) is 4. The summed E-state index contributed by atoms with van der Waals surface area (Å²) in [6, 6.07) is 7.82. The highest BCUT2D eigenvalue weighted by molar-refractivity contribution is 5.93. The molecule has 0 bridgehead atoms. The molecule has 1 saturated heterocycles. The lowest BCUT2D eigenvalue weighted by atomic mass is 10.1. The van der Waals surface area contributed by atoms with Gasteiger partial charge in [-0.05, 0) is 37.6 Å². The third-order valence-corrected chi connectivity index (χ3v) is 4.86. The summed E-state index contributed by atoms with van der Waals surface area (Å²) < 4.78 is 0. The number of nitrogens with one attached hydrogen (secondary N) is 1. The minimum atomic E-state index is -0.0258. The maximum atomic E-state index is 12.7. The standard InChI is InChI=1S/C19H25N5O/c1-4-23-8-10-24(11-9-23)19(25)17-12-18(21-13-20-17)22-16-7-5-6-14(2)15(16)3/h5-7,12-13H,4,8-11H2,1-3H3,(H,20,21,22). The first-order chi connectivity index (χ1) is 12.1. The Morgan fingerprint density at radius 2 is 1.92 bits per heavy atom. The SMILES string of the molecule is CCN1CCN(C(=O)c2cc(Nc3cccc(C)c3C)ncn2)CC1. The van der Waals surface area contributed by atoms with E-state index in [0.29, 0.717) is 11.5 Å². The van der Waals surface area contributed by atoms with Gasteiger partial charge in [-0.15, -0.1) is 0 Å². The van der Waals surface area contributed by atoms with E-state index in [2.05, 4.69) is 47.0 Å². The van der Waals surface area contributed by atoms with Crippen molar-refractivity contribution in [2.24, 2.45) is 0 Å². The number of piperazine rings is 1. The van der Waals surface area contributed by atoms with Crippen LogP contribution >= 0.6 is 0 Å². The van der Waals surface area contributed by atoms with Gasteiger partial charge in [-0.25, -0.2) is 9.97 Å². The molecule has 0 unspecified atom stereocenters. The van der Waals surface area contributed by atoms with Crippen LogP contribution < -0.4 is 5.32 Å². The zero-order valence-electron chi connectivity index (χ0n) is 15.1. The van der Waals surface area contributed by atoms with E-state index in [0.717, 1.165) is 38.4 Å². The second-order valence-electron chi connectivity index (χ2n) is 6.39. The summed E-state index contributed by atoms with van der Waals surface area (Å²) in [4.78, 5) is 25.4. The van der Waals surface area contributed by atoms with Crippen LogP contribution in [0.15, 0.2) is 30.6 Å². The molecule has 6 nitrogen and oxygen atoms in total. The smallest absolute Gasteiger partial charge is 0.272 e. The molecule has 1 aromatic heterocycles. The minimum absolute atomic E-state index is 0.0258. The lowest BCUT2D eigenvalue weighted by Gasteiger charge is -2.33. The van der Waals surface area contributed by atoms with Gasteiger partial charge in [0.15, 0.2) is 0 Å². The number of rotatable bonds is 4. The molecule has 6 heteroatoms. The number of carbonyl (C=O) groups excluding carboxylic acids is 1. The maximum absolute atomic E-state index is 12.7. The van der Waals surface area contributed by atoms with Crippen molar-refractivity contribution >= 4 is 17.4 Å². The van der Waals surface area contributed by atoms with Crippen molar-refractivity contribution in [3.8, 4) is 0 Å². The van der Waals surface area contributed by atoms with Crippen molar-refractivity contribution in [2.45, 2.75) is 20.8 Å². The monoisotopic (exact) mass is 339 g/mol. The van der Waals surface area contributed by atoms with E-state index in [-0.39, 0.29) is 5.91 Å². The molecule has 25 heavy (non-hydrogen) atoms. The Balaban J connectivity index is 1.73. The first-order valence-electron chi connectivity index (χ1n) is 8.75. The number of benzene rings is 1. The molecule has 2 aromatic rings. The summed E-state index contributed by atoms with van der Waals surface area (Å²) in [6.07, 6.45) is 1.45. The quantitative estimate of drug-likeness (QED) is 0.928. The Morgan fingerprint density at radius 3 is 2.64 bits per heavy atom. The van der Waals surface area contributed by atoms with Gasteiger partial charge in [-0.3, -0.25) is 4.79 Å². The second kappa shape index (κ2) is 7.61. The molecular formula is C19H25N5O. The largest absolute Gasteiger partial charge is 0.340 e. The van der Waals surface area contributed by atoms with Crippen LogP contribution in [0.1, 0.15) is 28.5 Å². The number of aryl methyl sites for hydroxylation is 1. The normalized spacial score (nSPS) is 15.2. The van der Waals surface area contributed by atoms with Crippen molar-refractivity contribution in [1.29, 1.82) is 0 Å². The van der Waals surface area contributed by atoms with Gasteiger partial charge in [-0.1, -0.05) is 19.1 Å². The summed E-state index contributed by atoms with van der Waals surface area (Å²) in [7, 11) is 0. The summed E-state index contributed by atoms with van der Waals surface area (Å²) in [6.45, 7) is 10.6. The molecule has 0 spiro atoms. The molecule has 132 valence electrons. The van der Waals surface area contributed by atoms with Gasteiger partial charge in [-0.2, -0.15) is 0 Å². The molecular weight excluding hydrogens is 314 g/mol. The van der Waals surface area contributed by atoms with Gasteiger partial charge >= 0.3 is 0 Å². The summed E-state index contributed by atoms with van der Waals surface area (Å²) in [5, 5.41) is 3.30. The van der Waals surface area contributed by atoms with Crippen LogP contribution in [0, 0.1) is 13.8 Å². The van der Waals surface area contributed by atoms with Crippen LogP contribution in [0.3, 0.4) is 0 Å². The van der Waals surface area contributed by atoms with Crippen molar-refractivity contribution in [1.82, 2.24) is 19.8 Å². The minimum Gasteiger partial charge on any atom is -0.340 e. The molecule has 1 aliphatic rings. The highest BCUT2D eigenvalue weighted by atomic mass is 16.2. The number of anilines is 2. The molecule has 1 fully saturated rings. The van der Waals surface area contributed by atoms with Crippen LogP contribution in [0.25, 0.3) is 0 Å². The number of likely N-dealkylation sites (N-methyl/N-ethyl adjacent to an activating group) is 1. The average molecular weight is 339 g/mol. The number of hydrogen-bond donors (Lipinski definition) is 1. The van der Waals surface area contributed by atoms with E-state index in [9.17, 15) is 4.79 Å². The molecule has 3 rings (SSSR count). The number of carbonyl (C=O) groups is 1. The first-order valence-corrected chi connectivity index (χ1v) is 8.75. The number of amides is 1. The fraction of sp³-hybridized carbons (Fsp3) is 0.421. The number of aromatic nitrogens is 2. The summed E-state index contributed by atoms with van der Waals surface area (Å²) in [5.41, 5.74) is 3.82. The Labute approximate surface area is 148 Å². The molecule has 1 aromatic carbocycles. The molecule has 0 radical (unpaired) electrons. The maximum Gasteiger partial charge on any atom is 0.272 e. The zero-order chi connectivity index (χ0) is 17.8. The topological polar surface area (TPSA) is 61.4 Å². The Kier molecular flexibility index (Phi) is 5.28. The second-order valence-corrected chi connectivity index (χ2v) is 6.39. The molecule has 1 N–H and O–H groups in total. The number of hydrogen-bond acceptors (Lipinski definition) is 5. The van der Waals surface area contributed by atoms with Crippen molar-refractivity contribution in [3.63, 3.8) is 0 Å². The fourth-order valence-electron chi connectivity index (χ4n) is 3.00. The molecule has 0 saturated carbocycles. The third kappa shape index (κ3) is 3.96. The van der Waals surface area contributed by atoms with Crippen LogP contribution in [0.2, 0.25) is 0 Å². The van der Waals surface area contributed by atoms with Crippen LogP contribution in [0.4, 0.5) is 11.5 Å². The van der Waals surface area contributed by atoms with Gasteiger partial charge < -0.3 is 15.1 Å². The first kappa shape index (κ1) is 17.4.